The molecule has 0 radical (unpaired) electrons. The highest BCUT2D eigenvalue weighted by atomic mass is 16.5. The summed E-state index contributed by atoms with van der Waals surface area (Å²) in [7, 11) is 6.84. The first kappa shape index (κ1) is 22.9. The van der Waals surface area contributed by atoms with Crippen LogP contribution in [-0.2, 0) is 4.79 Å². The summed E-state index contributed by atoms with van der Waals surface area (Å²) < 4.78 is 16.9. The van der Waals surface area contributed by atoms with Gasteiger partial charge in [-0.05, 0) is 37.0 Å². The van der Waals surface area contributed by atoms with Crippen LogP contribution in [0.1, 0.15) is 57.4 Å². The number of carbonyl (C=O) groups excluding carboxylic acids is 1. The zero-order chi connectivity index (χ0) is 20.1. The zero-order valence-electron chi connectivity index (χ0n) is 17.5. The molecule has 0 fully saturated rings. The molecule has 0 heterocycles. The molecule has 1 aromatic rings. The van der Waals surface area contributed by atoms with Crippen LogP contribution in [0.4, 0.5) is 0 Å². The van der Waals surface area contributed by atoms with Crippen LogP contribution in [0.25, 0.3) is 6.08 Å². The van der Waals surface area contributed by atoms with Crippen molar-refractivity contribution in [2.45, 2.75) is 51.9 Å². The van der Waals surface area contributed by atoms with E-state index in [0.717, 1.165) is 31.2 Å². The number of methoxy groups -OCH3 is 2. The number of rotatable bonds is 13. The first-order chi connectivity index (χ1) is 13.0. The first-order valence-electron chi connectivity index (χ1n) is 9.79. The summed E-state index contributed by atoms with van der Waals surface area (Å²) in [6.45, 7) is 2.85. The van der Waals surface area contributed by atoms with E-state index in [0.29, 0.717) is 30.3 Å². The van der Waals surface area contributed by atoms with Gasteiger partial charge in [-0.25, -0.2) is 0 Å². The third-order valence-corrected chi connectivity index (χ3v) is 4.30. The largest absolute Gasteiger partial charge is 0.493 e. The molecule has 152 valence electrons. The van der Waals surface area contributed by atoms with Crippen LogP contribution in [0.3, 0.4) is 0 Å². The molecule has 5 heteroatoms. The fraction of sp³-hybridized carbons (Fsp3) is 0.591. The molecule has 0 aliphatic carbocycles. The molecule has 0 bridgehead atoms. The minimum Gasteiger partial charge on any atom is -0.493 e. The molecule has 0 atom stereocenters. The van der Waals surface area contributed by atoms with Gasteiger partial charge in [-0.3, -0.25) is 4.79 Å². The van der Waals surface area contributed by atoms with Gasteiger partial charge in [0.1, 0.15) is 0 Å². The summed E-state index contributed by atoms with van der Waals surface area (Å²) >= 11 is 0. The lowest BCUT2D eigenvalue weighted by molar-refractivity contribution is -0.128. The topological polar surface area (TPSA) is 48.0 Å². The Hall–Kier alpha value is -2.17. The number of unbranched alkanes of at least 4 members (excludes halogenated alkanes) is 4. The number of carbonyl (C=O) groups is 1. The van der Waals surface area contributed by atoms with Gasteiger partial charge in [0, 0.05) is 20.5 Å². The molecule has 0 spiro atoms. The van der Waals surface area contributed by atoms with Crippen molar-refractivity contribution in [1.82, 2.24) is 4.90 Å². The standard InChI is InChI=1S/C22H35NO4/c1-6-7-8-12-15-27-22-19(25-4)16-18(17-20(22)26-5)13-10-9-11-14-21(24)23(2)3/h10,13,16-17H,6-9,11-12,14-15H2,1-5H3/b13-10-. The van der Waals surface area contributed by atoms with Crippen molar-refractivity contribution in [3.8, 4) is 17.2 Å². The van der Waals surface area contributed by atoms with Crippen molar-refractivity contribution < 1.29 is 19.0 Å². The summed E-state index contributed by atoms with van der Waals surface area (Å²) in [5.74, 6) is 2.16. The summed E-state index contributed by atoms with van der Waals surface area (Å²) in [6, 6.07) is 3.90. The molecular formula is C22H35NO4. The van der Waals surface area contributed by atoms with Crippen molar-refractivity contribution in [2.24, 2.45) is 0 Å². The number of amides is 1. The second-order valence-corrected chi connectivity index (χ2v) is 6.75. The van der Waals surface area contributed by atoms with Gasteiger partial charge in [0.2, 0.25) is 11.7 Å². The van der Waals surface area contributed by atoms with Gasteiger partial charge in [0.05, 0.1) is 20.8 Å². The Kier molecular flexibility index (Phi) is 11.1. The zero-order valence-corrected chi connectivity index (χ0v) is 17.5. The molecule has 0 unspecified atom stereocenters. The van der Waals surface area contributed by atoms with Gasteiger partial charge in [0.25, 0.3) is 0 Å². The third-order valence-electron chi connectivity index (χ3n) is 4.30. The molecule has 0 aliphatic rings. The fourth-order valence-corrected chi connectivity index (χ4v) is 2.66. The van der Waals surface area contributed by atoms with Crippen LogP contribution in [0.15, 0.2) is 18.2 Å². The predicted octanol–water partition coefficient (Wildman–Crippen LogP) is 4.93. The number of hydrogen-bond acceptors (Lipinski definition) is 4. The van der Waals surface area contributed by atoms with E-state index in [4.69, 9.17) is 14.2 Å². The van der Waals surface area contributed by atoms with E-state index in [1.54, 1.807) is 33.2 Å². The number of hydrogen-bond donors (Lipinski definition) is 0. The van der Waals surface area contributed by atoms with Crippen LogP contribution >= 0.6 is 0 Å². The van der Waals surface area contributed by atoms with E-state index in [-0.39, 0.29) is 5.91 Å². The van der Waals surface area contributed by atoms with Crippen molar-refractivity contribution in [1.29, 1.82) is 0 Å². The fourth-order valence-electron chi connectivity index (χ4n) is 2.66. The lowest BCUT2D eigenvalue weighted by Crippen LogP contribution is -2.20. The minimum absolute atomic E-state index is 0.159. The lowest BCUT2D eigenvalue weighted by Gasteiger charge is -2.15. The maximum absolute atomic E-state index is 11.6. The normalized spacial score (nSPS) is 10.9. The SMILES string of the molecule is CCCCCCOc1c(OC)cc(/C=C\CCCC(=O)N(C)C)cc1OC. The molecule has 0 N–H and O–H groups in total. The van der Waals surface area contributed by atoms with E-state index < -0.39 is 0 Å². The second kappa shape index (κ2) is 13.1. The average molecular weight is 378 g/mol. The van der Waals surface area contributed by atoms with E-state index >= 15 is 0 Å². The van der Waals surface area contributed by atoms with Gasteiger partial charge >= 0.3 is 0 Å². The third kappa shape index (κ3) is 8.37. The van der Waals surface area contributed by atoms with Gasteiger partial charge < -0.3 is 19.1 Å². The predicted molar refractivity (Wildman–Crippen MR) is 111 cm³/mol. The van der Waals surface area contributed by atoms with Gasteiger partial charge in [0.15, 0.2) is 11.5 Å². The smallest absolute Gasteiger partial charge is 0.222 e. The van der Waals surface area contributed by atoms with E-state index in [2.05, 4.69) is 13.0 Å². The maximum Gasteiger partial charge on any atom is 0.222 e. The summed E-state index contributed by atoms with van der Waals surface area (Å²) in [5, 5.41) is 0. The number of nitrogens with zero attached hydrogens (tertiary/aromatic N) is 1. The van der Waals surface area contributed by atoms with Crippen LogP contribution in [-0.4, -0.2) is 45.7 Å². The molecule has 0 aromatic heterocycles. The van der Waals surface area contributed by atoms with Crippen LogP contribution in [0.2, 0.25) is 0 Å². The first-order valence-corrected chi connectivity index (χ1v) is 9.79. The van der Waals surface area contributed by atoms with Crippen LogP contribution in [0.5, 0.6) is 17.2 Å². The highest BCUT2D eigenvalue weighted by Gasteiger charge is 2.13. The van der Waals surface area contributed by atoms with Crippen LogP contribution < -0.4 is 14.2 Å². The number of ether oxygens (including phenoxy) is 3. The van der Waals surface area contributed by atoms with Crippen LogP contribution in [0, 0.1) is 0 Å². The van der Waals surface area contributed by atoms with Gasteiger partial charge in [-0.2, -0.15) is 0 Å². The highest BCUT2D eigenvalue weighted by molar-refractivity contribution is 5.75. The Morgan fingerprint density at radius 2 is 1.70 bits per heavy atom. The summed E-state index contributed by atoms with van der Waals surface area (Å²) in [4.78, 5) is 13.2. The molecule has 5 nitrogen and oxygen atoms in total. The molecule has 1 rings (SSSR count). The highest BCUT2D eigenvalue weighted by Crippen LogP contribution is 2.39. The number of allylic oxidation sites excluding steroid dienone is 1. The van der Waals surface area contributed by atoms with Gasteiger partial charge in [-0.15, -0.1) is 0 Å². The van der Waals surface area contributed by atoms with Gasteiger partial charge in [-0.1, -0.05) is 38.3 Å². The summed E-state index contributed by atoms with van der Waals surface area (Å²) in [6.07, 6.45) is 11.0. The lowest BCUT2D eigenvalue weighted by atomic mass is 10.1. The van der Waals surface area contributed by atoms with Crippen molar-refractivity contribution in [2.75, 3.05) is 34.9 Å². The number of benzene rings is 1. The monoisotopic (exact) mass is 377 g/mol. The molecule has 0 aliphatic heterocycles. The molecule has 0 saturated carbocycles. The Balaban J connectivity index is 2.68. The quantitative estimate of drug-likeness (QED) is 0.457. The molecule has 1 aromatic carbocycles. The Labute approximate surface area is 164 Å². The molecule has 27 heavy (non-hydrogen) atoms. The van der Waals surface area contributed by atoms with Crippen molar-refractivity contribution in [3.05, 3.63) is 23.8 Å². The van der Waals surface area contributed by atoms with Crippen molar-refractivity contribution in [3.63, 3.8) is 0 Å². The molecule has 0 saturated heterocycles. The van der Waals surface area contributed by atoms with E-state index in [1.807, 2.05) is 18.2 Å². The molecule has 1 amide bonds. The van der Waals surface area contributed by atoms with E-state index in [1.165, 1.54) is 12.8 Å². The Bertz CT molecular complexity index is 571. The Morgan fingerprint density at radius 3 is 2.26 bits per heavy atom. The molecular weight excluding hydrogens is 342 g/mol. The average Bonchev–Trinajstić information content (AvgIpc) is 2.67. The maximum atomic E-state index is 11.6. The van der Waals surface area contributed by atoms with Crippen molar-refractivity contribution >= 4 is 12.0 Å². The summed E-state index contributed by atoms with van der Waals surface area (Å²) in [5.41, 5.74) is 0.987. The van der Waals surface area contributed by atoms with E-state index in [9.17, 15) is 4.79 Å². The second-order valence-electron chi connectivity index (χ2n) is 6.75. The minimum atomic E-state index is 0.159. The Morgan fingerprint density at radius 1 is 1.04 bits per heavy atom.